The van der Waals surface area contributed by atoms with Crippen molar-refractivity contribution < 1.29 is 14.0 Å². The molecule has 6 heteroatoms. The summed E-state index contributed by atoms with van der Waals surface area (Å²) in [6.07, 6.45) is 0. The zero-order valence-electron chi connectivity index (χ0n) is 12.6. The van der Waals surface area contributed by atoms with E-state index < -0.39 is 17.4 Å². The molecule has 0 fully saturated rings. The van der Waals surface area contributed by atoms with Crippen molar-refractivity contribution in [3.05, 3.63) is 58.9 Å². The van der Waals surface area contributed by atoms with Gasteiger partial charge in [0, 0.05) is 12.6 Å². The van der Waals surface area contributed by atoms with Crippen LogP contribution in [0.25, 0.3) is 0 Å². The van der Waals surface area contributed by atoms with Gasteiger partial charge in [-0.05, 0) is 36.8 Å². The standard InChI is InChI=1S/C17H14FN3O2/c1-9-7-11-14(12(18)8-9)19-16(23)17(11)20-15(22)10-5-3-4-6-13(10)21(17)2/h3-8H,1-2H3,(H,19,23)(H,20,22). The molecular weight excluding hydrogens is 297 g/mol. The van der Waals surface area contributed by atoms with E-state index in [-0.39, 0.29) is 11.6 Å². The lowest BCUT2D eigenvalue weighted by Crippen LogP contribution is -2.64. The topological polar surface area (TPSA) is 61.4 Å². The van der Waals surface area contributed by atoms with Gasteiger partial charge in [-0.2, -0.15) is 0 Å². The molecule has 1 unspecified atom stereocenters. The SMILES string of the molecule is Cc1cc(F)c2c(c1)C1(NC(=O)c3ccccc3N1C)C(=O)N2. The van der Waals surface area contributed by atoms with E-state index in [9.17, 15) is 14.0 Å². The van der Waals surface area contributed by atoms with Crippen molar-refractivity contribution in [2.75, 3.05) is 17.3 Å². The maximum absolute atomic E-state index is 14.2. The third-order valence-electron chi connectivity index (χ3n) is 4.50. The van der Waals surface area contributed by atoms with Crippen molar-refractivity contribution in [1.82, 2.24) is 5.32 Å². The molecule has 4 rings (SSSR count). The smallest absolute Gasteiger partial charge is 0.276 e. The Morgan fingerprint density at radius 3 is 2.70 bits per heavy atom. The molecule has 0 aromatic heterocycles. The van der Waals surface area contributed by atoms with Crippen LogP contribution in [-0.4, -0.2) is 18.9 Å². The van der Waals surface area contributed by atoms with Gasteiger partial charge in [-0.25, -0.2) is 4.39 Å². The Balaban J connectivity index is 2.01. The van der Waals surface area contributed by atoms with E-state index in [1.807, 2.05) is 0 Å². The second-order valence-corrected chi connectivity index (χ2v) is 5.86. The number of benzene rings is 2. The number of hydrogen-bond donors (Lipinski definition) is 2. The molecular formula is C17H14FN3O2. The van der Waals surface area contributed by atoms with Crippen LogP contribution >= 0.6 is 0 Å². The highest BCUT2D eigenvalue weighted by atomic mass is 19.1. The number of rotatable bonds is 0. The molecule has 2 aliphatic rings. The minimum absolute atomic E-state index is 0.118. The summed E-state index contributed by atoms with van der Waals surface area (Å²) in [5, 5.41) is 5.33. The first kappa shape index (κ1) is 13.8. The highest BCUT2D eigenvalue weighted by molar-refractivity contribution is 6.14. The average Bonchev–Trinajstić information content (AvgIpc) is 2.79. The van der Waals surface area contributed by atoms with Crippen LogP contribution < -0.4 is 15.5 Å². The summed E-state index contributed by atoms with van der Waals surface area (Å²) in [5.74, 6) is -1.34. The molecule has 0 saturated heterocycles. The van der Waals surface area contributed by atoms with Crippen LogP contribution in [0.2, 0.25) is 0 Å². The number of amides is 2. The Bertz CT molecular complexity index is 880. The van der Waals surface area contributed by atoms with E-state index in [1.165, 1.54) is 6.07 Å². The fraction of sp³-hybridized carbons (Fsp3) is 0.176. The van der Waals surface area contributed by atoms with Gasteiger partial charge < -0.3 is 15.5 Å². The highest BCUT2D eigenvalue weighted by Crippen LogP contribution is 2.44. The van der Waals surface area contributed by atoms with Gasteiger partial charge in [-0.1, -0.05) is 12.1 Å². The number of likely N-dealkylation sites (N-methyl/N-ethyl adjacent to an activating group) is 1. The molecule has 116 valence electrons. The third kappa shape index (κ3) is 1.60. The molecule has 1 atom stereocenters. The number of halogens is 1. The van der Waals surface area contributed by atoms with Crippen molar-refractivity contribution in [3.8, 4) is 0 Å². The Hall–Kier alpha value is -2.89. The molecule has 2 aromatic rings. The lowest BCUT2D eigenvalue weighted by molar-refractivity contribution is -0.121. The van der Waals surface area contributed by atoms with E-state index in [2.05, 4.69) is 10.6 Å². The molecule has 2 aromatic carbocycles. The molecule has 0 bridgehead atoms. The summed E-state index contributed by atoms with van der Waals surface area (Å²) in [7, 11) is 1.72. The van der Waals surface area contributed by atoms with Crippen LogP contribution in [0.5, 0.6) is 0 Å². The van der Waals surface area contributed by atoms with E-state index in [4.69, 9.17) is 0 Å². The molecule has 2 heterocycles. The zero-order valence-corrected chi connectivity index (χ0v) is 12.6. The largest absolute Gasteiger partial charge is 0.340 e. The van der Waals surface area contributed by atoms with Crippen molar-refractivity contribution in [3.63, 3.8) is 0 Å². The Morgan fingerprint density at radius 2 is 1.91 bits per heavy atom. The van der Waals surface area contributed by atoms with Crippen LogP contribution in [0.15, 0.2) is 36.4 Å². The molecule has 1 spiro atoms. The van der Waals surface area contributed by atoms with Gasteiger partial charge in [0.05, 0.1) is 16.9 Å². The Kier molecular flexibility index (Phi) is 2.58. The number of carbonyl (C=O) groups excluding carboxylic acids is 2. The fourth-order valence-corrected chi connectivity index (χ4v) is 3.39. The maximum Gasteiger partial charge on any atom is 0.276 e. The number of nitrogens with one attached hydrogen (secondary N) is 2. The first-order valence-electron chi connectivity index (χ1n) is 7.22. The second kappa shape index (κ2) is 4.32. The third-order valence-corrected chi connectivity index (χ3v) is 4.50. The van der Waals surface area contributed by atoms with Gasteiger partial charge >= 0.3 is 0 Å². The zero-order chi connectivity index (χ0) is 16.4. The van der Waals surface area contributed by atoms with Crippen molar-refractivity contribution in [2.45, 2.75) is 12.6 Å². The summed E-state index contributed by atoms with van der Waals surface area (Å²) in [6, 6.07) is 10.1. The summed E-state index contributed by atoms with van der Waals surface area (Å²) >= 11 is 0. The fourth-order valence-electron chi connectivity index (χ4n) is 3.39. The van der Waals surface area contributed by atoms with Crippen molar-refractivity contribution in [2.24, 2.45) is 0 Å². The molecule has 0 saturated carbocycles. The van der Waals surface area contributed by atoms with Gasteiger partial charge in [0.25, 0.3) is 11.8 Å². The number of anilines is 2. The maximum atomic E-state index is 14.2. The van der Waals surface area contributed by atoms with E-state index >= 15 is 0 Å². The number of aryl methyl sites for hydroxylation is 1. The van der Waals surface area contributed by atoms with E-state index in [0.717, 1.165) is 0 Å². The van der Waals surface area contributed by atoms with Gasteiger partial charge in [-0.3, -0.25) is 9.59 Å². The van der Waals surface area contributed by atoms with E-state index in [0.29, 0.717) is 22.4 Å². The lowest BCUT2D eigenvalue weighted by Gasteiger charge is -2.43. The normalized spacial score (nSPS) is 21.8. The predicted molar refractivity (Wildman–Crippen MR) is 83.8 cm³/mol. The van der Waals surface area contributed by atoms with Crippen LogP contribution in [0.3, 0.4) is 0 Å². The molecule has 2 aliphatic heterocycles. The molecule has 0 radical (unpaired) electrons. The average molecular weight is 311 g/mol. The summed E-state index contributed by atoms with van der Waals surface area (Å²) in [5.41, 5.74) is 0.889. The van der Waals surface area contributed by atoms with Crippen LogP contribution in [0.1, 0.15) is 21.5 Å². The number of hydrogen-bond acceptors (Lipinski definition) is 3. The summed E-state index contributed by atoms with van der Waals surface area (Å²) in [4.78, 5) is 26.9. The van der Waals surface area contributed by atoms with Crippen molar-refractivity contribution in [1.29, 1.82) is 0 Å². The number of para-hydroxylation sites is 1. The first-order chi connectivity index (χ1) is 10.9. The Morgan fingerprint density at radius 1 is 1.17 bits per heavy atom. The first-order valence-corrected chi connectivity index (χ1v) is 7.22. The van der Waals surface area contributed by atoms with Crippen LogP contribution in [-0.2, 0) is 10.5 Å². The van der Waals surface area contributed by atoms with Gasteiger partial charge in [-0.15, -0.1) is 0 Å². The number of nitrogens with zero attached hydrogens (tertiary/aromatic N) is 1. The minimum Gasteiger partial charge on any atom is -0.340 e. The van der Waals surface area contributed by atoms with Gasteiger partial charge in [0.1, 0.15) is 5.82 Å². The van der Waals surface area contributed by atoms with Gasteiger partial charge in [0.15, 0.2) is 0 Å². The highest BCUT2D eigenvalue weighted by Gasteiger charge is 2.55. The monoisotopic (exact) mass is 311 g/mol. The second-order valence-electron chi connectivity index (χ2n) is 5.86. The van der Waals surface area contributed by atoms with Gasteiger partial charge in [0.2, 0.25) is 5.66 Å². The summed E-state index contributed by atoms with van der Waals surface area (Å²) in [6.45, 7) is 1.75. The molecule has 5 nitrogen and oxygen atoms in total. The predicted octanol–water partition coefficient (Wildman–Crippen LogP) is 2.12. The molecule has 2 N–H and O–H groups in total. The quantitative estimate of drug-likeness (QED) is 0.783. The molecule has 23 heavy (non-hydrogen) atoms. The van der Waals surface area contributed by atoms with Crippen LogP contribution in [0, 0.1) is 12.7 Å². The Labute approximate surface area is 132 Å². The van der Waals surface area contributed by atoms with Crippen molar-refractivity contribution >= 4 is 23.2 Å². The summed E-state index contributed by atoms with van der Waals surface area (Å²) < 4.78 is 14.2. The molecule has 2 amide bonds. The van der Waals surface area contributed by atoms with Crippen LogP contribution in [0.4, 0.5) is 15.8 Å². The minimum atomic E-state index is -1.44. The molecule has 0 aliphatic carbocycles. The van der Waals surface area contributed by atoms with E-state index in [1.54, 1.807) is 49.2 Å². The lowest BCUT2D eigenvalue weighted by atomic mass is 9.92. The number of carbonyl (C=O) groups is 2. The number of fused-ring (bicyclic) bond motifs is 3.